The van der Waals surface area contributed by atoms with Crippen LogP contribution >= 0.6 is 0 Å². The number of rotatable bonds is 3. The van der Waals surface area contributed by atoms with Gasteiger partial charge in [0.25, 0.3) is 0 Å². The summed E-state index contributed by atoms with van der Waals surface area (Å²) in [6.07, 6.45) is 5.60. The fourth-order valence-corrected chi connectivity index (χ4v) is 3.55. The zero-order chi connectivity index (χ0) is 13.9. The molecule has 0 amide bonds. The Hall–Kier alpha value is -1.42. The van der Waals surface area contributed by atoms with Crippen LogP contribution < -0.4 is 15.4 Å². The predicted octanol–water partition coefficient (Wildman–Crippen LogP) is 2.34. The summed E-state index contributed by atoms with van der Waals surface area (Å²) in [6.45, 7) is 4.44. The van der Waals surface area contributed by atoms with Crippen LogP contribution in [-0.2, 0) is 0 Å². The smallest absolute Gasteiger partial charge is 0.142 e. The molecule has 0 unspecified atom stereocenters. The molecule has 1 heterocycles. The molecule has 0 radical (unpaired) electrons. The minimum absolute atomic E-state index is 0.805. The number of nitrogen functional groups attached to an aromatic ring is 1. The summed E-state index contributed by atoms with van der Waals surface area (Å²) in [6, 6.07) is 6.73. The number of nitrogens with zero attached hydrogens (tertiary/aromatic N) is 2. The van der Waals surface area contributed by atoms with Gasteiger partial charge in [-0.3, -0.25) is 4.90 Å². The monoisotopic (exact) mass is 275 g/mol. The molecule has 2 N–H and O–H groups in total. The maximum Gasteiger partial charge on any atom is 0.142 e. The van der Waals surface area contributed by atoms with Crippen molar-refractivity contribution in [2.24, 2.45) is 0 Å². The van der Waals surface area contributed by atoms with E-state index in [1.165, 1.54) is 25.7 Å². The van der Waals surface area contributed by atoms with Gasteiger partial charge in [0.05, 0.1) is 12.8 Å². The minimum Gasteiger partial charge on any atom is -0.495 e. The fraction of sp³-hybridized carbons (Fsp3) is 0.625. The summed E-state index contributed by atoms with van der Waals surface area (Å²) < 4.78 is 5.47. The Kier molecular flexibility index (Phi) is 4.01. The predicted molar refractivity (Wildman–Crippen MR) is 83.4 cm³/mol. The van der Waals surface area contributed by atoms with Crippen molar-refractivity contribution < 1.29 is 4.74 Å². The molecule has 0 bridgehead atoms. The fourth-order valence-electron chi connectivity index (χ4n) is 3.55. The second-order valence-corrected chi connectivity index (χ2v) is 5.89. The largest absolute Gasteiger partial charge is 0.495 e. The summed E-state index contributed by atoms with van der Waals surface area (Å²) >= 11 is 0. The molecule has 4 nitrogen and oxygen atoms in total. The van der Waals surface area contributed by atoms with Crippen molar-refractivity contribution in [3.8, 4) is 5.75 Å². The first-order valence-corrected chi connectivity index (χ1v) is 7.70. The van der Waals surface area contributed by atoms with Crippen molar-refractivity contribution in [3.63, 3.8) is 0 Å². The number of benzene rings is 1. The molecule has 1 aromatic carbocycles. The van der Waals surface area contributed by atoms with Gasteiger partial charge in [0.1, 0.15) is 5.75 Å². The lowest BCUT2D eigenvalue weighted by Crippen LogP contribution is -2.49. The van der Waals surface area contributed by atoms with E-state index < -0.39 is 0 Å². The SMILES string of the molecule is COc1ccc(N)cc1N1CCN(C2CCCC2)CC1. The van der Waals surface area contributed by atoms with E-state index in [4.69, 9.17) is 10.5 Å². The van der Waals surface area contributed by atoms with Crippen LogP contribution in [0.25, 0.3) is 0 Å². The van der Waals surface area contributed by atoms with Crippen LogP contribution in [0.15, 0.2) is 18.2 Å². The van der Waals surface area contributed by atoms with E-state index in [2.05, 4.69) is 9.80 Å². The normalized spacial score (nSPS) is 21.4. The van der Waals surface area contributed by atoms with Crippen molar-refractivity contribution >= 4 is 11.4 Å². The first-order valence-electron chi connectivity index (χ1n) is 7.70. The molecule has 0 spiro atoms. The van der Waals surface area contributed by atoms with Crippen molar-refractivity contribution in [2.45, 2.75) is 31.7 Å². The molecule has 0 atom stereocenters. The van der Waals surface area contributed by atoms with Crippen LogP contribution in [0.2, 0.25) is 0 Å². The molecule has 4 heteroatoms. The van der Waals surface area contributed by atoms with Crippen LogP contribution in [0.3, 0.4) is 0 Å². The number of methoxy groups -OCH3 is 1. The summed E-state index contributed by atoms with van der Waals surface area (Å²) in [7, 11) is 1.73. The van der Waals surface area contributed by atoms with Gasteiger partial charge in [-0.25, -0.2) is 0 Å². The van der Waals surface area contributed by atoms with Gasteiger partial charge in [-0.1, -0.05) is 12.8 Å². The minimum atomic E-state index is 0.805. The molecule has 2 aliphatic rings. The topological polar surface area (TPSA) is 41.7 Å². The second-order valence-electron chi connectivity index (χ2n) is 5.89. The number of ether oxygens (including phenoxy) is 1. The van der Waals surface area contributed by atoms with E-state index in [0.717, 1.165) is 49.3 Å². The Balaban J connectivity index is 1.67. The van der Waals surface area contributed by atoms with Gasteiger partial charge in [-0.05, 0) is 31.0 Å². The summed E-state index contributed by atoms with van der Waals surface area (Å²) in [4.78, 5) is 5.07. The summed E-state index contributed by atoms with van der Waals surface area (Å²) in [5.41, 5.74) is 7.87. The highest BCUT2D eigenvalue weighted by molar-refractivity contribution is 5.65. The molecule has 1 aliphatic carbocycles. The van der Waals surface area contributed by atoms with Crippen LogP contribution in [0.4, 0.5) is 11.4 Å². The van der Waals surface area contributed by atoms with Gasteiger partial charge in [0.2, 0.25) is 0 Å². The first kappa shape index (κ1) is 13.6. The van der Waals surface area contributed by atoms with E-state index >= 15 is 0 Å². The number of piperazine rings is 1. The standard InChI is InChI=1S/C16H25N3O/c1-20-16-7-6-13(17)12-15(16)19-10-8-18(9-11-19)14-4-2-3-5-14/h6-7,12,14H,2-5,8-11,17H2,1H3. The van der Waals surface area contributed by atoms with E-state index in [-0.39, 0.29) is 0 Å². The molecular formula is C16H25N3O. The zero-order valence-electron chi connectivity index (χ0n) is 12.3. The molecule has 3 rings (SSSR count). The molecule has 1 aliphatic heterocycles. The van der Waals surface area contributed by atoms with Crippen LogP contribution in [0.1, 0.15) is 25.7 Å². The van der Waals surface area contributed by atoms with Gasteiger partial charge >= 0.3 is 0 Å². The molecule has 0 aromatic heterocycles. The Morgan fingerprint density at radius 1 is 1.10 bits per heavy atom. The molecule has 1 aromatic rings. The van der Waals surface area contributed by atoms with Crippen LogP contribution in [0, 0.1) is 0 Å². The van der Waals surface area contributed by atoms with E-state index in [9.17, 15) is 0 Å². The number of anilines is 2. The number of hydrogen-bond acceptors (Lipinski definition) is 4. The molecular weight excluding hydrogens is 250 g/mol. The van der Waals surface area contributed by atoms with Gasteiger partial charge in [-0.15, -0.1) is 0 Å². The third-order valence-corrected chi connectivity index (χ3v) is 4.70. The average molecular weight is 275 g/mol. The number of nitrogens with two attached hydrogens (primary N) is 1. The van der Waals surface area contributed by atoms with Crippen molar-refractivity contribution in [2.75, 3.05) is 43.9 Å². The highest BCUT2D eigenvalue weighted by Crippen LogP contribution is 2.32. The Labute approximate surface area is 121 Å². The van der Waals surface area contributed by atoms with Crippen LogP contribution in [0.5, 0.6) is 5.75 Å². The Bertz CT molecular complexity index is 449. The summed E-state index contributed by atoms with van der Waals surface area (Å²) in [5.74, 6) is 0.925. The zero-order valence-corrected chi connectivity index (χ0v) is 12.3. The third-order valence-electron chi connectivity index (χ3n) is 4.70. The van der Waals surface area contributed by atoms with E-state index in [0.29, 0.717) is 0 Å². The lowest BCUT2D eigenvalue weighted by Gasteiger charge is -2.39. The van der Waals surface area contributed by atoms with Crippen LogP contribution in [-0.4, -0.2) is 44.2 Å². The quantitative estimate of drug-likeness (QED) is 0.860. The average Bonchev–Trinajstić information content (AvgIpc) is 3.02. The summed E-state index contributed by atoms with van der Waals surface area (Å²) in [5, 5.41) is 0. The Morgan fingerprint density at radius 2 is 1.80 bits per heavy atom. The highest BCUT2D eigenvalue weighted by atomic mass is 16.5. The van der Waals surface area contributed by atoms with Gasteiger partial charge in [0.15, 0.2) is 0 Å². The molecule has 1 saturated carbocycles. The van der Waals surface area contributed by atoms with E-state index in [1.54, 1.807) is 7.11 Å². The van der Waals surface area contributed by atoms with E-state index in [1.807, 2.05) is 18.2 Å². The van der Waals surface area contributed by atoms with Crippen molar-refractivity contribution in [3.05, 3.63) is 18.2 Å². The number of hydrogen-bond donors (Lipinski definition) is 1. The van der Waals surface area contributed by atoms with Crippen molar-refractivity contribution in [1.82, 2.24) is 4.90 Å². The lowest BCUT2D eigenvalue weighted by atomic mass is 10.1. The molecule has 2 fully saturated rings. The maximum atomic E-state index is 5.92. The third kappa shape index (κ3) is 2.70. The van der Waals surface area contributed by atoms with Crippen molar-refractivity contribution in [1.29, 1.82) is 0 Å². The van der Waals surface area contributed by atoms with Gasteiger partial charge in [0, 0.05) is 37.9 Å². The Morgan fingerprint density at radius 3 is 2.45 bits per heavy atom. The first-order chi connectivity index (χ1) is 9.78. The molecule has 110 valence electrons. The van der Waals surface area contributed by atoms with Gasteiger partial charge in [-0.2, -0.15) is 0 Å². The maximum absolute atomic E-state index is 5.92. The molecule has 1 saturated heterocycles. The highest BCUT2D eigenvalue weighted by Gasteiger charge is 2.27. The second kappa shape index (κ2) is 5.92. The molecule has 20 heavy (non-hydrogen) atoms. The lowest BCUT2D eigenvalue weighted by molar-refractivity contribution is 0.187. The van der Waals surface area contributed by atoms with Gasteiger partial charge < -0.3 is 15.4 Å².